The number of ether oxygens (including phenoxy) is 1. The van der Waals surface area contributed by atoms with E-state index in [1.807, 2.05) is 30.3 Å². The van der Waals surface area contributed by atoms with Crippen molar-refractivity contribution in [2.75, 3.05) is 11.9 Å². The van der Waals surface area contributed by atoms with Gasteiger partial charge < -0.3 is 10.1 Å². The number of amides is 1. The fourth-order valence-corrected chi connectivity index (χ4v) is 3.37. The second-order valence-corrected chi connectivity index (χ2v) is 7.17. The summed E-state index contributed by atoms with van der Waals surface area (Å²) in [5, 5.41) is 4.56. The standard InChI is InChI=1S/C17H15ClN4O2S2/c18-11-4-3-5-12(8-11)19-17(25)22-21-15(23)9-24-10-16-20-13-6-1-2-7-14(13)26-16/h1-8H,9-10H2,(H,21,23)(H2,19,22,25). The van der Waals surface area contributed by atoms with Crippen LogP contribution in [0, 0.1) is 0 Å². The second kappa shape index (κ2) is 8.91. The zero-order valence-electron chi connectivity index (χ0n) is 13.5. The molecule has 134 valence electrons. The summed E-state index contributed by atoms with van der Waals surface area (Å²) in [7, 11) is 0. The summed E-state index contributed by atoms with van der Waals surface area (Å²) >= 11 is 12.5. The van der Waals surface area contributed by atoms with E-state index in [9.17, 15) is 4.79 Å². The number of carbonyl (C=O) groups is 1. The highest BCUT2D eigenvalue weighted by Gasteiger charge is 2.06. The number of thiocarbonyl (C=S) groups is 1. The molecule has 9 heteroatoms. The highest BCUT2D eigenvalue weighted by atomic mass is 35.5. The number of nitrogens with one attached hydrogen (secondary N) is 3. The fourth-order valence-electron chi connectivity index (χ4n) is 2.10. The first-order valence-corrected chi connectivity index (χ1v) is 9.24. The number of benzene rings is 2. The van der Waals surface area contributed by atoms with Crippen molar-refractivity contribution in [2.24, 2.45) is 0 Å². The van der Waals surface area contributed by atoms with Crippen molar-refractivity contribution in [3.05, 3.63) is 58.6 Å². The molecule has 3 aromatic rings. The van der Waals surface area contributed by atoms with Gasteiger partial charge in [0.25, 0.3) is 5.91 Å². The van der Waals surface area contributed by atoms with Gasteiger partial charge in [0, 0.05) is 10.7 Å². The molecule has 0 bridgehead atoms. The van der Waals surface area contributed by atoms with Crippen molar-refractivity contribution in [1.29, 1.82) is 0 Å². The van der Waals surface area contributed by atoms with Gasteiger partial charge in [0.2, 0.25) is 0 Å². The summed E-state index contributed by atoms with van der Waals surface area (Å²) in [5.74, 6) is -0.346. The minimum absolute atomic E-state index is 0.108. The Kier molecular flexibility index (Phi) is 6.35. The van der Waals surface area contributed by atoms with E-state index in [-0.39, 0.29) is 24.2 Å². The molecular weight excluding hydrogens is 392 g/mol. The lowest BCUT2D eigenvalue weighted by Crippen LogP contribution is -2.45. The average molecular weight is 407 g/mol. The van der Waals surface area contributed by atoms with Gasteiger partial charge in [-0.25, -0.2) is 4.98 Å². The molecule has 0 atom stereocenters. The molecular formula is C17H15ClN4O2S2. The molecule has 0 radical (unpaired) electrons. The van der Waals surface area contributed by atoms with Gasteiger partial charge in [-0.15, -0.1) is 11.3 Å². The van der Waals surface area contributed by atoms with Gasteiger partial charge in [-0.2, -0.15) is 0 Å². The summed E-state index contributed by atoms with van der Waals surface area (Å²) < 4.78 is 6.48. The number of hydrogen-bond donors (Lipinski definition) is 3. The Morgan fingerprint density at radius 1 is 1.19 bits per heavy atom. The number of aromatic nitrogens is 1. The monoisotopic (exact) mass is 406 g/mol. The van der Waals surface area contributed by atoms with Gasteiger partial charge in [-0.1, -0.05) is 29.8 Å². The van der Waals surface area contributed by atoms with Crippen LogP contribution in [-0.4, -0.2) is 22.6 Å². The maximum Gasteiger partial charge on any atom is 0.264 e. The fraction of sp³-hybridized carbons (Fsp3) is 0.118. The molecule has 0 spiro atoms. The highest BCUT2D eigenvalue weighted by molar-refractivity contribution is 7.80. The van der Waals surface area contributed by atoms with E-state index in [1.165, 1.54) is 0 Å². The molecule has 0 unspecified atom stereocenters. The maximum absolute atomic E-state index is 11.8. The second-order valence-electron chi connectivity index (χ2n) is 5.21. The lowest BCUT2D eigenvalue weighted by atomic mass is 10.3. The molecule has 1 heterocycles. The van der Waals surface area contributed by atoms with Gasteiger partial charge in [-0.3, -0.25) is 15.6 Å². The normalized spacial score (nSPS) is 10.5. The van der Waals surface area contributed by atoms with Gasteiger partial charge in [-0.05, 0) is 42.5 Å². The van der Waals surface area contributed by atoms with Crippen LogP contribution < -0.4 is 16.2 Å². The zero-order valence-corrected chi connectivity index (χ0v) is 15.9. The highest BCUT2D eigenvalue weighted by Crippen LogP contribution is 2.21. The number of hydrazine groups is 1. The topological polar surface area (TPSA) is 75.3 Å². The Morgan fingerprint density at radius 2 is 2.04 bits per heavy atom. The van der Waals surface area contributed by atoms with Crippen molar-refractivity contribution in [3.8, 4) is 0 Å². The summed E-state index contributed by atoms with van der Waals surface area (Å²) in [5.41, 5.74) is 6.72. The van der Waals surface area contributed by atoms with Crippen LogP contribution in [0.1, 0.15) is 5.01 Å². The third kappa shape index (κ3) is 5.37. The number of para-hydroxylation sites is 1. The van der Waals surface area contributed by atoms with Crippen molar-refractivity contribution < 1.29 is 9.53 Å². The first-order chi connectivity index (χ1) is 12.6. The molecule has 26 heavy (non-hydrogen) atoms. The van der Waals surface area contributed by atoms with E-state index in [1.54, 1.807) is 29.5 Å². The predicted octanol–water partition coefficient (Wildman–Crippen LogP) is 3.48. The van der Waals surface area contributed by atoms with E-state index >= 15 is 0 Å². The number of rotatable bonds is 5. The van der Waals surface area contributed by atoms with Gasteiger partial charge in [0.15, 0.2) is 5.11 Å². The van der Waals surface area contributed by atoms with Crippen LogP contribution in [0.25, 0.3) is 10.2 Å². The molecule has 2 aromatic carbocycles. The predicted molar refractivity (Wildman–Crippen MR) is 108 cm³/mol. The molecule has 0 saturated heterocycles. The van der Waals surface area contributed by atoms with E-state index in [0.717, 1.165) is 20.9 Å². The van der Waals surface area contributed by atoms with E-state index in [4.69, 9.17) is 28.6 Å². The first kappa shape index (κ1) is 18.5. The van der Waals surface area contributed by atoms with E-state index < -0.39 is 0 Å². The average Bonchev–Trinajstić information content (AvgIpc) is 3.03. The third-order valence-electron chi connectivity index (χ3n) is 3.19. The lowest BCUT2D eigenvalue weighted by Gasteiger charge is -2.11. The molecule has 1 aromatic heterocycles. The van der Waals surface area contributed by atoms with E-state index in [0.29, 0.717) is 5.02 Å². The van der Waals surface area contributed by atoms with Crippen molar-refractivity contribution in [2.45, 2.75) is 6.61 Å². The van der Waals surface area contributed by atoms with Crippen molar-refractivity contribution in [1.82, 2.24) is 15.8 Å². The number of nitrogens with zero attached hydrogens (tertiary/aromatic N) is 1. The quantitative estimate of drug-likeness (QED) is 0.445. The molecule has 1 amide bonds. The Labute approximate surface area is 164 Å². The molecule has 0 aliphatic heterocycles. The molecule has 0 aliphatic carbocycles. The van der Waals surface area contributed by atoms with Crippen molar-refractivity contribution in [3.63, 3.8) is 0 Å². The van der Waals surface area contributed by atoms with Crippen LogP contribution in [0.3, 0.4) is 0 Å². The summed E-state index contributed by atoms with van der Waals surface area (Å²) in [6, 6.07) is 14.9. The lowest BCUT2D eigenvalue weighted by molar-refractivity contribution is -0.126. The number of fused-ring (bicyclic) bond motifs is 1. The van der Waals surface area contributed by atoms with E-state index in [2.05, 4.69) is 21.2 Å². The Bertz CT molecular complexity index is 899. The largest absolute Gasteiger partial charge is 0.364 e. The number of carbonyl (C=O) groups excluding carboxylic acids is 1. The van der Waals surface area contributed by atoms with Crippen LogP contribution in [0.15, 0.2) is 48.5 Å². The SMILES string of the molecule is O=C(COCc1nc2ccccc2s1)NNC(=S)Nc1cccc(Cl)c1. The molecule has 0 fully saturated rings. The van der Waals surface area contributed by atoms with Crippen LogP contribution >= 0.6 is 35.2 Å². The first-order valence-electron chi connectivity index (χ1n) is 7.64. The minimum atomic E-state index is -0.346. The smallest absolute Gasteiger partial charge is 0.264 e. The summed E-state index contributed by atoms with van der Waals surface area (Å²) in [4.78, 5) is 16.2. The summed E-state index contributed by atoms with van der Waals surface area (Å²) in [6.45, 7) is 0.167. The van der Waals surface area contributed by atoms with Gasteiger partial charge in [0.1, 0.15) is 11.6 Å². The minimum Gasteiger partial charge on any atom is -0.364 e. The van der Waals surface area contributed by atoms with Crippen LogP contribution in [0.4, 0.5) is 5.69 Å². The molecule has 3 N–H and O–H groups in total. The number of halogens is 1. The van der Waals surface area contributed by atoms with Gasteiger partial charge in [0.05, 0.1) is 16.8 Å². The third-order valence-corrected chi connectivity index (χ3v) is 4.64. The number of anilines is 1. The summed E-state index contributed by atoms with van der Waals surface area (Å²) in [6.07, 6.45) is 0. The van der Waals surface area contributed by atoms with Crippen LogP contribution in [-0.2, 0) is 16.1 Å². The van der Waals surface area contributed by atoms with Crippen LogP contribution in [0.2, 0.25) is 5.02 Å². The Hall–Kier alpha value is -2.26. The molecule has 0 aliphatic rings. The Balaban J connectivity index is 1.38. The number of thiazole rings is 1. The molecule has 6 nitrogen and oxygen atoms in total. The molecule has 0 saturated carbocycles. The number of hydrogen-bond acceptors (Lipinski definition) is 5. The van der Waals surface area contributed by atoms with Gasteiger partial charge >= 0.3 is 0 Å². The maximum atomic E-state index is 11.8. The van der Waals surface area contributed by atoms with Crippen LogP contribution in [0.5, 0.6) is 0 Å². The molecule has 3 rings (SSSR count). The zero-order chi connectivity index (χ0) is 18.4. The van der Waals surface area contributed by atoms with Crippen molar-refractivity contribution >= 4 is 62.1 Å². The Morgan fingerprint density at radius 3 is 2.85 bits per heavy atom.